The number of unbranched alkanes of at least 4 members (excludes halogenated alkanes) is 1. The maximum Gasteiger partial charge on any atom is 0.242 e. The van der Waals surface area contributed by atoms with Crippen molar-refractivity contribution in [2.75, 3.05) is 33.9 Å². The number of aromatic nitrogens is 2. The summed E-state index contributed by atoms with van der Waals surface area (Å²) in [7, 11) is -0.375. The Morgan fingerprint density at radius 2 is 1.87 bits per heavy atom. The van der Waals surface area contributed by atoms with Gasteiger partial charge in [-0.2, -0.15) is 0 Å². The van der Waals surface area contributed by atoms with Gasteiger partial charge in [-0.1, -0.05) is 6.07 Å². The van der Waals surface area contributed by atoms with Crippen LogP contribution in [0.25, 0.3) is 11.0 Å². The van der Waals surface area contributed by atoms with E-state index in [1.54, 1.807) is 26.4 Å². The summed E-state index contributed by atoms with van der Waals surface area (Å²) in [6, 6.07) is 8.90. The molecule has 10 heteroatoms. The molecule has 0 fully saturated rings. The van der Waals surface area contributed by atoms with E-state index in [1.807, 2.05) is 6.07 Å². The van der Waals surface area contributed by atoms with Crippen molar-refractivity contribution in [3.63, 3.8) is 0 Å². The normalized spacial score (nSPS) is 14.5. The van der Waals surface area contributed by atoms with Gasteiger partial charge in [-0.25, -0.2) is 17.8 Å². The lowest BCUT2D eigenvalue weighted by atomic mass is 9.98. The first kappa shape index (κ1) is 21.5. The van der Waals surface area contributed by atoms with E-state index in [9.17, 15) is 8.42 Å². The Hall–Kier alpha value is -2.69. The summed E-state index contributed by atoms with van der Waals surface area (Å²) < 4.78 is 43.3. The molecule has 1 aliphatic rings. The van der Waals surface area contributed by atoms with Crippen molar-refractivity contribution >= 4 is 21.1 Å². The lowest BCUT2D eigenvalue weighted by Crippen LogP contribution is -2.32. The average Bonchev–Trinajstić information content (AvgIpc) is 3.26. The molecule has 0 bridgehead atoms. The highest BCUT2D eigenvalue weighted by Gasteiger charge is 2.21. The second-order valence-corrected chi connectivity index (χ2v) is 9.23. The lowest BCUT2D eigenvalue weighted by molar-refractivity contribution is 0.248. The molecule has 0 unspecified atom stereocenters. The average molecular weight is 447 g/mol. The molecule has 1 aliphatic heterocycles. The van der Waals surface area contributed by atoms with Crippen molar-refractivity contribution in [1.29, 1.82) is 0 Å². The molecular weight excluding hydrogens is 420 g/mol. The van der Waals surface area contributed by atoms with Crippen LogP contribution in [0.15, 0.2) is 39.9 Å². The van der Waals surface area contributed by atoms with E-state index in [-0.39, 0.29) is 10.4 Å². The van der Waals surface area contributed by atoms with Gasteiger partial charge in [0.15, 0.2) is 17.0 Å². The molecule has 2 heterocycles. The minimum absolute atomic E-state index is 0.0864. The van der Waals surface area contributed by atoms with Crippen LogP contribution in [0.4, 0.5) is 0 Å². The maximum atomic E-state index is 12.6. The first-order valence-corrected chi connectivity index (χ1v) is 11.7. The highest BCUT2D eigenvalue weighted by molar-refractivity contribution is 7.89. The summed E-state index contributed by atoms with van der Waals surface area (Å²) in [5, 5.41) is 7.40. The lowest BCUT2D eigenvalue weighted by Gasteiger charge is -2.29. The Kier molecular flexibility index (Phi) is 6.40. The summed E-state index contributed by atoms with van der Waals surface area (Å²) in [5.41, 5.74) is 3.20. The van der Waals surface area contributed by atoms with Gasteiger partial charge in [-0.15, -0.1) is 0 Å². The monoisotopic (exact) mass is 446 g/mol. The van der Waals surface area contributed by atoms with Crippen LogP contribution in [0.3, 0.4) is 0 Å². The van der Waals surface area contributed by atoms with E-state index >= 15 is 0 Å². The van der Waals surface area contributed by atoms with Crippen molar-refractivity contribution in [1.82, 2.24) is 19.9 Å². The van der Waals surface area contributed by atoms with Gasteiger partial charge < -0.3 is 9.47 Å². The van der Waals surface area contributed by atoms with Crippen molar-refractivity contribution in [2.45, 2.75) is 30.7 Å². The molecule has 0 saturated carbocycles. The molecule has 2 aromatic carbocycles. The van der Waals surface area contributed by atoms with Crippen molar-refractivity contribution < 1.29 is 22.5 Å². The highest BCUT2D eigenvalue weighted by atomic mass is 32.2. The van der Waals surface area contributed by atoms with Crippen molar-refractivity contribution in [3.05, 3.63) is 41.5 Å². The largest absolute Gasteiger partial charge is 0.493 e. The SMILES string of the molecule is COc1cc2c(cc1OC)CN(CCCCNS(=O)(=O)c1cccc3nonc13)CC2. The van der Waals surface area contributed by atoms with Gasteiger partial charge in [-0.05, 0) is 71.5 Å². The van der Waals surface area contributed by atoms with Crippen molar-refractivity contribution in [3.8, 4) is 11.5 Å². The number of hydrogen-bond acceptors (Lipinski definition) is 8. The van der Waals surface area contributed by atoms with E-state index in [0.717, 1.165) is 50.4 Å². The van der Waals surface area contributed by atoms with E-state index in [1.165, 1.54) is 17.2 Å². The summed E-state index contributed by atoms with van der Waals surface area (Å²) in [4.78, 5) is 2.47. The molecule has 1 N–H and O–H groups in total. The number of hydrogen-bond donors (Lipinski definition) is 1. The number of nitrogens with zero attached hydrogens (tertiary/aromatic N) is 3. The summed E-state index contributed by atoms with van der Waals surface area (Å²) in [6.07, 6.45) is 2.58. The van der Waals surface area contributed by atoms with Gasteiger partial charge in [0.2, 0.25) is 10.0 Å². The minimum atomic E-state index is -3.67. The summed E-state index contributed by atoms with van der Waals surface area (Å²) >= 11 is 0. The van der Waals surface area contributed by atoms with Crippen LogP contribution >= 0.6 is 0 Å². The fourth-order valence-electron chi connectivity index (χ4n) is 3.88. The third kappa shape index (κ3) is 4.65. The predicted molar refractivity (Wildman–Crippen MR) is 115 cm³/mol. The Morgan fingerprint density at radius 3 is 2.65 bits per heavy atom. The molecule has 0 radical (unpaired) electrons. The van der Waals surface area contributed by atoms with Gasteiger partial charge in [-0.3, -0.25) is 4.90 Å². The highest BCUT2D eigenvalue weighted by Crippen LogP contribution is 2.33. The zero-order valence-corrected chi connectivity index (χ0v) is 18.4. The van der Waals surface area contributed by atoms with Crippen LogP contribution in [0.2, 0.25) is 0 Å². The Labute approximate surface area is 181 Å². The number of ether oxygens (including phenoxy) is 2. The van der Waals surface area contributed by atoms with Crippen LogP contribution in [0.1, 0.15) is 24.0 Å². The molecule has 3 aromatic rings. The third-order valence-corrected chi connectivity index (χ3v) is 7.02. The number of benzene rings is 2. The smallest absolute Gasteiger partial charge is 0.242 e. The van der Waals surface area contributed by atoms with Gasteiger partial charge in [0.1, 0.15) is 10.4 Å². The number of fused-ring (bicyclic) bond motifs is 2. The standard InChI is InChI=1S/C21H26N4O5S/c1-28-18-12-15-8-11-25(14-16(15)13-19(18)29-2)10-4-3-9-22-31(26,27)20-7-5-6-17-21(20)24-30-23-17/h5-7,12-13,22H,3-4,8-11,14H2,1-2H3. The van der Waals surface area contributed by atoms with Crippen LogP contribution in [0, 0.1) is 0 Å². The first-order chi connectivity index (χ1) is 15.0. The summed E-state index contributed by atoms with van der Waals surface area (Å²) in [5.74, 6) is 1.51. The zero-order valence-electron chi connectivity index (χ0n) is 17.6. The number of rotatable bonds is 9. The zero-order chi connectivity index (χ0) is 21.8. The van der Waals surface area contributed by atoms with E-state index in [4.69, 9.17) is 9.47 Å². The maximum absolute atomic E-state index is 12.6. The fourth-order valence-corrected chi connectivity index (χ4v) is 5.10. The summed E-state index contributed by atoms with van der Waals surface area (Å²) in [6.45, 7) is 3.08. The molecule has 0 atom stereocenters. The number of nitrogens with one attached hydrogen (secondary N) is 1. The minimum Gasteiger partial charge on any atom is -0.493 e. The topological polar surface area (TPSA) is 107 Å². The first-order valence-electron chi connectivity index (χ1n) is 10.2. The van der Waals surface area contributed by atoms with Gasteiger partial charge >= 0.3 is 0 Å². The predicted octanol–water partition coefficient (Wildman–Crippen LogP) is 2.36. The molecule has 0 spiro atoms. The van der Waals surface area contributed by atoms with Crippen LogP contribution in [-0.2, 0) is 23.0 Å². The van der Waals surface area contributed by atoms with Crippen LogP contribution in [0.5, 0.6) is 11.5 Å². The molecule has 4 rings (SSSR count). The number of methoxy groups -OCH3 is 2. The Bertz CT molecular complexity index is 1160. The van der Waals surface area contributed by atoms with Crippen LogP contribution in [-0.4, -0.2) is 57.5 Å². The second kappa shape index (κ2) is 9.21. The van der Waals surface area contributed by atoms with E-state index in [0.29, 0.717) is 12.1 Å². The van der Waals surface area contributed by atoms with E-state index in [2.05, 4.69) is 30.6 Å². The second-order valence-electron chi connectivity index (χ2n) is 7.50. The molecule has 0 saturated heterocycles. The van der Waals surface area contributed by atoms with Gasteiger partial charge in [0.25, 0.3) is 0 Å². The Morgan fingerprint density at radius 1 is 1.10 bits per heavy atom. The molecular formula is C21H26N4O5S. The molecule has 0 amide bonds. The number of sulfonamides is 1. The van der Waals surface area contributed by atoms with Gasteiger partial charge in [0.05, 0.1) is 14.2 Å². The van der Waals surface area contributed by atoms with E-state index < -0.39 is 10.0 Å². The third-order valence-electron chi connectivity index (χ3n) is 5.53. The Balaban J connectivity index is 1.27. The fraction of sp³-hybridized carbons (Fsp3) is 0.429. The van der Waals surface area contributed by atoms with Gasteiger partial charge in [0, 0.05) is 19.6 Å². The molecule has 31 heavy (non-hydrogen) atoms. The quantitative estimate of drug-likeness (QED) is 0.499. The van der Waals surface area contributed by atoms with Crippen molar-refractivity contribution in [2.24, 2.45) is 0 Å². The molecule has 9 nitrogen and oxygen atoms in total. The van der Waals surface area contributed by atoms with Crippen LogP contribution < -0.4 is 14.2 Å². The molecule has 166 valence electrons. The molecule has 1 aromatic heterocycles. The molecule has 0 aliphatic carbocycles.